The van der Waals surface area contributed by atoms with Gasteiger partial charge in [0.2, 0.25) is 5.91 Å². The zero-order valence-corrected chi connectivity index (χ0v) is 13.1. The largest absolute Gasteiger partial charge is 0.373 e. The maximum atomic E-state index is 11.4. The number of carbonyl (C=O) groups is 1. The summed E-state index contributed by atoms with van der Waals surface area (Å²) in [5.74, 6) is 1.74. The van der Waals surface area contributed by atoms with Crippen LogP contribution in [0.3, 0.4) is 0 Å². The molecule has 1 saturated heterocycles. The summed E-state index contributed by atoms with van der Waals surface area (Å²) in [7, 11) is 0. The second-order valence-corrected chi connectivity index (χ2v) is 5.38. The van der Waals surface area contributed by atoms with Crippen molar-refractivity contribution in [1.29, 1.82) is 0 Å². The molecule has 0 spiro atoms. The van der Waals surface area contributed by atoms with Crippen molar-refractivity contribution in [1.82, 2.24) is 14.9 Å². The van der Waals surface area contributed by atoms with E-state index in [0.29, 0.717) is 26.2 Å². The third kappa shape index (κ3) is 4.39. The van der Waals surface area contributed by atoms with Gasteiger partial charge in [-0.2, -0.15) is 0 Å². The van der Waals surface area contributed by atoms with Gasteiger partial charge in [0.25, 0.3) is 0 Å². The number of rotatable bonds is 5. The van der Waals surface area contributed by atoms with Crippen molar-refractivity contribution in [3.8, 4) is 0 Å². The SMILES string of the molecule is CCCc1cnc(C)nc1NC[C@@H]1CN(C(C)=O)CCO1. The van der Waals surface area contributed by atoms with Crippen LogP contribution in [0.4, 0.5) is 5.82 Å². The van der Waals surface area contributed by atoms with Gasteiger partial charge >= 0.3 is 0 Å². The zero-order chi connectivity index (χ0) is 15.2. The lowest BCUT2D eigenvalue weighted by Gasteiger charge is -2.32. The van der Waals surface area contributed by atoms with Crippen LogP contribution in [-0.4, -0.2) is 53.1 Å². The quantitative estimate of drug-likeness (QED) is 0.888. The molecule has 2 heterocycles. The van der Waals surface area contributed by atoms with Crippen molar-refractivity contribution >= 4 is 11.7 Å². The molecule has 1 amide bonds. The topological polar surface area (TPSA) is 67.4 Å². The fourth-order valence-electron chi connectivity index (χ4n) is 2.44. The Bertz CT molecular complexity index is 493. The lowest BCUT2D eigenvalue weighted by atomic mass is 10.2. The Hall–Kier alpha value is -1.69. The smallest absolute Gasteiger partial charge is 0.219 e. The second-order valence-electron chi connectivity index (χ2n) is 5.38. The highest BCUT2D eigenvalue weighted by Gasteiger charge is 2.22. The Balaban J connectivity index is 1.96. The summed E-state index contributed by atoms with van der Waals surface area (Å²) in [6.45, 7) is 8.18. The predicted octanol–water partition coefficient (Wildman–Crippen LogP) is 1.40. The Kier molecular flexibility index (Phi) is 5.50. The molecule has 6 nitrogen and oxygen atoms in total. The van der Waals surface area contributed by atoms with E-state index >= 15 is 0 Å². The van der Waals surface area contributed by atoms with Crippen molar-refractivity contribution in [2.24, 2.45) is 0 Å². The number of morpholine rings is 1. The summed E-state index contributed by atoms with van der Waals surface area (Å²) >= 11 is 0. The van der Waals surface area contributed by atoms with E-state index in [9.17, 15) is 4.79 Å². The first kappa shape index (κ1) is 15.7. The van der Waals surface area contributed by atoms with Crippen LogP contribution in [0.1, 0.15) is 31.7 Å². The maximum absolute atomic E-state index is 11.4. The van der Waals surface area contributed by atoms with E-state index in [-0.39, 0.29) is 12.0 Å². The minimum absolute atomic E-state index is 0.00685. The molecule has 0 radical (unpaired) electrons. The van der Waals surface area contributed by atoms with Gasteiger partial charge in [0.1, 0.15) is 11.6 Å². The molecule has 2 rings (SSSR count). The van der Waals surface area contributed by atoms with Gasteiger partial charge in [-0.25, -0.2) is 9.97 Å². The number of hydrogen-bond donors (Lipinski definition) is 1. The van der Waals surface area contributed by atoms with E-state index in [1.54, 1.807) is 6.92 Å². The number of aryl methyl sites for hydroxylation is 2. The van der Waals surface area contributed by atoms with E-state index in [2.05, 4.69) is 22.2 Å². The van der Waals surface area contributed by atoms with E-state index in [4.69, 9.17) is 4.74 Å². The summed E-state index contributed by atoms with van der Waals surface area (Å²) < 4.78 is 5.71. The first-order chi connectivity index (χ1) is 10.1. The van der Waals surface area contributed by atoms with Crippen LogP contribution in [0.25, 0.3) is 0 Å². The highest BCUT2D eigenvalue weighted by molar-refractivity contribution is 5.73. The molecule has 1 aromatic rings. The molecule has 1 N–H and O–H groups in total. The van der Waals surface area contributed by atoms with Crippen LogP contribution in [0.2, 0.25) is 0 Å². The minimum Gasteiger partial charge on any atom is -0.373 e. The van der Waals surface area contributed by atoms with Crippen molar-refractivity contribution in [3.63, 3.8) is 0 Å². The van der Waals surface area contributed by atoms with Gasteiger partial charge in [0, 0.05) is 38.3 Å². The Morgan fingerprint density at radius 1 is 1.57 bits per heavy atom. The lowest BCUT2D eigenvalue weighted by Crippen LogP contribution is -2.47. The molecule has 0 unspecified atom stereocenters. The first-order valence-corrected chi connectivity index (χ1v) is 7.53. The molecule has 1 aliphatic heterocycles. The van der Waals surface area contributed by atoms with Crippen molar-refractivity contribution < 1.29 is 9.53 Å². The number of carbonyl (C=O) groups excluding carboxylic acids is 1. The molecule has 1 fully saturated rings. The molecule has 0 aliphatic carbocycles. The molecular formula is C15H24N4O2. The van der Waals surface area contributed by atoms with Crippen molar-refractivity contribution in [2.45, 2.75) is 39.7 Å². The Morgan fingerprint density at radius 3 is 3.10 bits per heavy atom. The van der Waals surface area contributed by atoms with Crippen LogP contribution in [0, 0.1) is 6.92 Å². The number of amides is 1. The average molecular weight is 292 g/mol. The van der Waals surface area contributed by atoms with Gasteiger partial charge < -0.3 is 15.0 Å². The third-order valence-corrected chi connectivity index (χ3v) is 3.59. The number of ether oxygens (including phenoxy) is 1. The van der Waals surface area contributed by atoms with Gasteiger partial charge in [-0.1, -0.05) is 13.3 Å². The molecular weight excluding hydrogens is 268 g/mol. The molecule has 116 valence electrons. The minimum atomic E-state index is 0.00685. The normalized spacial score (nSPS) is 18.6. The molecule has 0 saturated carbocycles. The van der Waals surface area contributed by atoms with Gasteiger partial charge in [0.15, 0.2) is 0 Å². The summed E-state index contributed by atoms with van der Waals surface area (Å²) in [6.07, 6.45) is 3.90. The molecule has 1 atom stereocenters. The standard InChI is InChI=1S/C15H24N4O2/c1-4-5-13-8-16-11(2)18-15(13)17-9-14-10-19(12(3)20)6-7-21-14/h8,14H,4-7,9-10H2,1-3H3,(H,16,17,18)/t14-/m1/s1. The molecule has 1 aliphatic rings. The summed E-state index contributed by atoms with van der Waals surface area (Å²) in [6, 6.07) is 0. The molecule has 0 bridgehead atoms. The number of nitrogens with one attached hydrogen (secondary N) is 1. The Labute approximate surface area is 125 Å². The predicted molar refractivity (Wildman–Crippen MR) is 81.2 cm³/mol. The first-order valence-electron chi connectivity index (χ1n) is 7.53. The average Bonchev–Trinajstić information content (AvgIpc) is 2.48. The molecule has 0 aromatic carbocycles. The van der Waals surface area contributed by atoms with E-state index < -0.39 is 0 Å². The van der Waals surface area contributed by atoms with Crippen molar-refractivity contribution in [2.75, 3.05) is 31.6 Å². The fraction of sp³-hybridized carbons (Fsp3) is 0.667. The van der Waals surface area contributed by atoms with Crippen LogP contribution in [-0.2, 0) is 16.0 Å². The zero-order valence-electron chi connectivity index (χ0n) is 13.1. The molecule has 21 heavy (non-hydrogen) atoms. The fourth-order valence-corrected chi connectivity index (χ4v) is 2.44. The van der Waals surface area contributed by atoms with Gasteiger partial charge in [0.05, 0.1) is 12.7 Å². The highest BCUT2D eigenvalue weighted by Crippen LogP contribution is 2.15. The summed E-state index contributed by atoms with van der Waals surface area (Å²) in [5.41, 5.74) is 1.13. The van der Waals surface area contributed by atoms with Gasteiger partial charge in [-0.05, 0) is 13.3 Å². The number of hydrogen-bond acceptors (Lipinski definition) is 5. The molecule has 6 heteroatoms. The number of aromatic nitrogens is 2. The monoisotopic (exact) mass is 292 g/mol. The van der Waals surface area contributed by atoms with Crippen LogP contribution >= 0.6 is 0 Å². The van der Waals surface area contributed by atoms with E-state index in [0.717, 1.165) is 30.0 Å². The van der Waals surface area contributed by atoms with E-state index in [1.165, 1.54) is 0 Å². The summed E-state index contributed by atoms with van der Waals surface area (Å²) in [4.78, 5) is 22.0. The second kappa shape index (κ2) is 7.36. The van der Waals surface area contributed by atoms with Crippen molar-refractivity contribution in [3.05, 3.63) is 17.6 Å². The van der Waals surface area contributed by atoms with Crippen LogP contribution in [0.5, 0.6) is 0 Å². The number of nitrogens with zero attached hydrogens (tertiary/aromatic N) is 3. The lowest BCUT2D eigenvalue weighted by molar-refractivity contribution is -0.135. The maximum Gasteiger partial charge on any atom is 0.219 e. The third-order valence-electron chi connectivity index (χ3n) is 3.59. The van der Waals surface area contributed by atoms with Crippen LogP contribution < -0.4 is 5.32 Å². The van der Waals surface area contributed by atoms with Gasteiger partial charge in [-0.3, -0.25) is 4.79 Å². The van der Waals surface area contributed by atoms with E-state index in [1.807, 2.05) is 18.0 Å². The van der Waals surface area contributed by atoms with Crippen LogP contribution in [0.15, 0.2) is 6.20 Å². The molecule has 1 aromatic heterocycles. The van der Waals surface area contributed by atoms with Gasteiger partial charge in [-0.15, -0.1) is 0 Å². The highest BCUT2D eigenvalue weighted by atomic mass is 16.5. The Morgan fingerprint density at radius 2 is 2.38 bits per heavy atom. The summed E-state index contributed by atoms with van der Waals surface area (Å²) in [5, 5.41) is 3.35. The number of anilines is 1.